The molecule has 32 heavy (non-hydrogen) atoms. The summed E-state index contributed by atoms with van der Waals surface area (Å²) >= 11 is 0. The SMILES string of the molecule is COc1ccc(C(=O)NCCCCCc2nc3ccccc3n2CC(=O)OC(C)C)cc1. The summed E-state index contributed by atoms with van der Waals surface area (Å²) in [4.78, 5) is 29.2. The second kappa shape index (κ2) is 11.3. The fraction of sp³-hybridized carbons (Fsp3) is 0.400. The lowest BCUT2D eigenvalue weighted by Crippen LogP contribution is -2.24. The van der Waals surface area contributed by atoms with Crippen LogP contribution in [0.2, 0.25) is 0 Å². The van der Waals surface area contributed by atoms with Gasteiger partial charge in [0.1, 0.15) is 18.1 Å². The average molecular weight is 438 g/mol. The number of esters is 1. The number of nitrogens with zero attached hydrogens (tertiary/aromatic N) is 2. The van der Waals surface area contributed by atoms with Crippen molar-refractivity contribution >= 4 is 22.9 Å². The Morgan fingerprint density at radius 1 is 1.03 bits per heavy atom. The van der Waals surface area contributed by atoms with E-state index in [-0.39, 0.29) is 24.5 Å². The first-order valence-electron chi connectivity index (χ1n) is 11.0. The van der Waals surface area contributed by atoms with Gasteiger partial charge in [-0.25, -0.2) is 4.98 Å². The second-order valence-electron chi connectivity index (χ2n) is 7.94. The first-order chi connectivity index (χ1) is 15.5. The molecule has 0 bridgehead atoms. The quantitative estimate of drug-likeness (QED) is 0.360. The van der Waals surface area contributed by atoms with Gasteiger partial charge in [-0.1, -0.05) is 18.6 Å². The monoisotopic (exact) mass is 437 g/mol. The summed E-state index contributed by atoms with van der Waals surface area (Å²) in [6, 6.07) is 14.9. The van der Waals surface area contributed by atoms with Crippen molar-refractivity contribution in [3.8, 4) is 5.75 Å². The maximum Gasteiger partial charge on any atom is 0.326 e. The summed E-state index contributed by atoms with van der Waals surface area (Å²) in [5.74, 6) is 1.27. The lowest BCUT2D eigenvalue weighted by Gasteiger charge is -2.11. The van der Waals surface area contributed by atoms with Crippen molar-refractivity contribution in [3.63, 3.8) is 0 Å². The topological polar surface area (TPSA) is 82.5 Å². The van der Waals surface area contributed by atoms with Gasteiger partial charge in [-0.2, -0.15) is 0 Å². The third kappa shape index (κ3) is 6.33. The predicted octanol–water partition coefficient (Wildman–Crippen LogP) is 4.14. The van der Waals surface area contributed by atoms with Crippen LogP contribution in [0.25, 0.3) is 11.0 Å². The number of ether oxygens (including phenoxy) is 2. The summed E-state index contributed by atoms with van der Waals surface area (Å²) in [6.07, 6.45) is 3.35. The molecule has 7 heteroatoms. The van der Waals surface area contributed by atoms with Crippen LogP contribution < -0.4 is 10.1 Å². The molecule has 1 heterocycles. The normalized spacial score (nSPS) is 11.0. The number of hydrogen-bond donors (Lipinski definition) is 1. The van der Waals surface area contributed by atoms with E-state index in [1.54, 1.807) is 31.4 Å². The molecular weight excluding hydrogens is 406 g/mol. The molecular formula is C25H31N3O4. The van der Waals surface area contributed by atoms with Crippen LogP contribution in [0.3, 0.4) is 0 Å². The highest BCUT2D eigenvalue weighted by Gasteiger charge is 2.15. The number of unbranched alkanes of at least 4 members (excludes halogenated alkanes) is 2. The van der Waals surface area contributed by atoms with Gasteiger partial charge in [-0.3, -0.25) is 9.59 Å². The number of carbonyl (C=O) groups is 2. The first kappa shape index (κ1) is 23.3. The molecule has 0 atom stereocenters. The van der Waals surface area contributed by atoms with E-state index in [0.717, 1.165) is 48.3 Å². The Hall–Kier alpha value is -3.35. The average Bonchev–Trinajstić information content (AvgIpc) is 3.12. The second-order valence-corrected chi connectivity index (χ2v) is 7.94. The maximum absolute atomic E-state index is 12.2. The van der Waals surface area contributed by atoms with E-state index in [4.69, 9.17) is 14.5 Å². The Kier molecular flexibility index (Phi) is 8.25. The number of aryl methyl sites for hydroxylation is 1. The van der Waals surface area contributed by atoms with Gasteiger partial charge in [0.15, 0.2) is 0 Å². The Bertz CT molecular complexity index is 1040. The van der Waals surface area contributed by atoms with Crippen LogP contribution in [0.1, 0.15) is 49.3 Å². The summed E-state index contributed by atoms with van der Waals surface area (Å²) in [6.45, 7) is 4.46. The number of imidazole rings is 1. The molecule has 0 aliphatic heterocycles. The number of hydrogen-bond acceptors (Lipinski definition) is 5. The molecule has 1 amide bonds. The molecule has 7 nitrogen and oxygen atoms in total. The Morgan fingerprint density at radius 2 is 1.78 bits per heavy atom. The number of aromatic nitrogens is 2. The smallest absolute Gasteiger partial charge is 0.326 e. The number of benzene rings is 2. The summed E-state index contributed by atoms with van der Waals surface area (Å²) < 4.78 is 12.4. The molecule has 3 rings (SSSR count). The molecule has 1 aromatic heterocycles. The molecule has 0 aliphatic rings. The number of methoxy groups -OCH3 is 1. The molecule has 170 valence electrons. The number of rotatable bonds is 11. The molecule has 0 unspecified atom stereocenters. The van der Waals surface area contributed by atoms with Crippen molar-refractivity contribution in [2.24, 2.45) is 0 Å². The standard InChI is InChI=1S/C25H31N3O4/c1-18(2)32-24(29)17-28-22-10-7-6-9-21(22)27-23(28)11-5-4-8-16-26-25(30)19-12-14-20(31-3)15-13-19/h6-7,9-10,12-15,18H,4-5,8,11,16-17H2,1-3H3,(H,26,30). The number of fused-ring (bicyclic) bond motifs is 1. The van der Waals surface area contributed by atoms with Crippen LogP contribution in [0.5, 0.6) is 5.75 Å². The predicted molar refractivity (Wildman–Crippen MR) is 124 cm³/mol. The van der Waals surface area contributed by atoms with E-state index in [9.17, 15) is 9.59 Å². The molecule has 0 saturated heterocycles. The summed E-state index contributed by atoms with van der Waals surface area (Å²) in [7, 11) is 1.60. The minimum atomic E-state index is -0.259. The van der Waals surface area contributed by atoms with Gasteiger partial charge >= 0.3 is 5.97 Å². The van der Waals surface area contributed by atoms with Gasteiger partial charge in [0, 0.05) is 18.5 Å². The van der Waals surface area contributed by atoms with E-state index in [0.29, 0.717) is 12.1 Å². The number of amides is 1. The third-order valence-electron chi connectivity index (χ3n) is 5.10. The van der Waals surface area contributed by atoms with Crippen LogP contribution in [-0.4, -0.2) is 41.2 Å². The van der Waals surface area contributed by atoms with Crippen LogP contribution >= 0.6 is 0 Å². The van der Waals surface area contributed by atoms with Crippen molar-refractivity contribution in [1.29, 1.82) is 0 Å². The number of nitrogens with one attached hydrogen (secondary N) is 1. The van der Waals surface area contributed by atoms with Gasteiger partial charge in [-0.05, 0) is 63.1 Å². The zero-order valence-electron chi connectivity index (χ0n) is 19.0. The number of para-hydroxylation sites is 2. The molecule has 0 spiro atoms. The summed E-state index contributed by atoms with van der Waals surface area (Å²) in [5.41, 5.74) is 2.44. The fourth-order valence-corrected chi connectivity index (χ4v) is 3.55. The van der Waals surface area contributed by atoms with Crippen molar-refractivity contribution < 1.29 is 19.1 Å². The van der Waals surface area contributed by atoms with Crippen molar-refractivity contribution in [2.45, 2.75) is 52.2 Å². The molecule has 3 aromatic rings. The molecule has 0 radical (unpaired) electrons. The van der Waals surface area contributed by atoms with E-state index >= 15 is 0 Å². The molecule has 0 saturated carbocycles. The van der Waals surface area contributed by atoms with Gasteiger partial charge in [0.2, 0.25) is 0 Å². The minimum absolute atomic E-state index is 0.0851. The Labute approximate surface area is 188 Å². The van der Waals surface area contributed by atoms with Crippen molar-refractivity contribution in [1.82, 2.24) is 14.9 Å². The zero-order chi connectivity index (χ0) is 22.9. The molecule has 0 aliphatic carbocycles. The molecule has 0 fully saturated rings. The van der Waals surface area contributed by atoms with Gasteiger partial charge in [0.25, 0.3) is 5.91 Å². The van der Waals surface area contributed by atoms with E-state index in [1.807, 2.05) is 42.7 Å². The highest BCUT2D eigenvalue weighted by atomic mass is 16.5. The van der Waals surface area contributed by atoms with Gasteiger partial charge < -0.3 is 19.4 Å². The molecule has 1 N–H and O–H groups in total. The minimum Gasteiger partial charge on any atom is -0.497 e. The highest BCUT2D eigenvalue weighted by Crippen LogP contribution is 2.18. The van der Waals surface area contributed by atoms with Crippen LogP contribution in [0, 0.1) is 0 Å². The fourth-order valence-electron chi connectivity index (χ4n) is 3.55. The first-order valence-corrected chi connectivity index (χ1v) is 11.0. The largest absolute Gasteiger partial charge is 0.497 e. The summed E-state index contributed by atoms with van der Waals surface area (Å²) in [5, 5.41) is 2.95. The van der Waals surface area contributed by atoms with Crippen LogP contribution in [-0.2, 0) is 22.5 Å². The number of carbonyl (C=O) groups excluding carboxylic acids is 2. The third-order valence-corrected chi connectivity index (χ3v) is 5.10. The zero-order valence-corrected chi connectivity index (χ0v) is 19.0. The van der Waals surface area contributed by atoms with E-state index in [2.05, 4.69) is 5.32 Å². The lowest BCUT2D eigenvalue weighted by atomic mass is 10.1. The highest BCUT2D eigenvalue weighted by molar-refractivity contribution is 5.94. The van der Waals surface area contributed by atoms with E-state index in [1.165, 1.54) is 0 Å². The molecule has 2 aromatic carbocycles. The van der Waals surface area contributed by atoms with Gasteiger partial charge in [0.05, 0.1) is 24.2 Å². The lowest BCUT2D eigenvalue weighted by molar-refractivity contribution is -0.148. The van der Waals surface area contributed by atoms with Crippen molar-refractivity contribution in [2.75, 3.05) is 13.7 Å². The van der Waals surface area contributed by atoms with Crippen LogP contribution in [0.15, 0.2) is 48.5 Å². The van der Waals surface area contributed by atoms with E-state index < -0.39 is 0 Å². The Balaban J connectivity index is 1.49. The maximum atomic E-state index is 12.2. The van der Waals surface area contributed by atoms with Crippen LogP contribution in [0.4, 0.5) is 0 Å². The van der Waals surface area contributed by atoms with Gasteiger partial charge in [-0.15, -0.1) is 0 Å². The van der Waals surface area contributed by atoms with Crippen molar-refractivity contribution in [3.05, 3.63) is 59.9 Å². The Morgan fingerprint density at radius 3 is 2.50 bits per heavy atom.